The summed E-state index contributed by atoms with van der Waals surface area (Å²) in [4.78, 5) is 22.5. The third kappa shape index (κ3) is 3.35. The number of sulfonamides is 1. The van der Waals surface area contributed by atoms with E-state index < -0.39 is 32.3 Å². The van der Waals surface area contributed by atoms with Crippen LogP contribution in [-0.4, -0.2) is 29.2 Å². The Morgan fingerprint density at radius 3 is 2.50 bits per heavy atom. The Kier molecular flexibility index (Phi) is 4.66. The minimum absolute atomic E-state index is 0.0485. The van der Waals surface area contributed by atoms with E-state index in [0.717, 1.165) is 18.2 Å². The molecule has 0 radical (unpaired) electrons. The highest BCUT2D eigenvalue weighted by molar-refractivity contribution is 7.92. The highest BCUT2D eigenvalue weighted by Gasteiger charge is 2.24. The number of fused-ring (bicyclic) bond motifs is 1. The summed E-state index contributed by atoms with van der Waals surface area (Å²) >= 11 is 0. The molecular weight excluding hydrogens is 416 g/mol. The molecule has 0 atom stereocenters. The zero-order valence-electron chi connectivity index (χ0n) is 15.1. The van der Waals surface area contributed by atoms with Gasteiger partial charge in [0.15, 0.2) is 10.7 Å². The first kappa shape index (κ1) is 19.5. The smallest absolute Gasteiger partial charge is 0.267 e. The second-order valence-electron chi connectivity index (χ2n) is 6.25. The summed E-state index contributed by atoms with van der Waals surface area (Å²) in [5.41, 5.74) is 6.48. The third-order valence-electron chi connectivity index (χ3n) is 4.31. The van der Waals surface area contributed by atoms with Crippen LogP contribution in [0.5, 0.6) is 0 Å². The average molecular weight is 429 g/mol. The van der Waals surface area contributed by atoms with Crippen molar-refractivity contribution in [3.63, 3.8) is 0 Å². The number of nitrogens with one attached hydrogen (secondary N) is 2. The third-order valence-corrected chi connectivity index (χ3v) is 5.74. The monoisotopic (exact) mass is 429 g/mol. The first-order valence-electron chi connectivity index (χ1n) is 8.47. The van der Waals surface area contributed by atoms with Gasteiger partial charge >= 0.3 is 0 Å². The number of carbonyl (C=O) groups excluding carboxylic acids is 1. The number of benzene rings is 2. The molecule has 4 rings (SSSR count). The van der Waals surface area contributed by atoms with Crippen molar-refractivity contribution in [1.82, 2.24) is 15.0 Å². The normalized spacial score (nSPS) is 11.5. The highest BCUT2D eigenvalue weighted by Crippen LogP contribution is 2.26. The van der Waals surface area contributed by atoms with Gasteiger partial charge in [-0.25, -0.2) is 27.2 Å². The Balaban J connectivity index is 1.70. The summed E-state index contributed by atoms with van der Waals surface area (Å²) in [6.07, 6.45) is 2.67. The van der Waals surface area contributed by atoms with Gasteiger partial charge in [0.2, 0.25) is 0 Å². The molecule has 0 aliphatic heterocycles. The number of anilines is 2. The van der Waals surface area contributed by atoms with Crippen LogP contribution in [0, 0.1) is 11.6 Å². The molecule has 0 aliphatic rings. The lowest BCUT2D eigenvalue weighted by molar-refractivity contribution is 0.104. The van der Waals surface area contributed by atoms with Gasteiger partial charge in [0.05, 0.1) is 10.9 Å². The van der Waals surface area contributed by atoms with Gasteiger partial charge in [-0.3, -0.25) is 9.52 Å². The molecule has 4 aromatic rings. The fourth-order valence-electron chi connectivity index (χ4n) is 2.99. The number of hydrogen-bond donors (Lipinski definition) is 3. The fourth-order valence-corrected chi connectivity index (χ4v) is 4.18. The lowest BCUT2D eigenvalue weighted by Crippen LogP contribution is -2.16. The summed E-state index contributed by atoms with van der Waals surface area (Å²) in [5, 5.41) is 0.335. The number of aromatic nitrogens is 3. The fraction of sp³-hybridized carbons (Fsp3) is 0. The van der Waals surface area contributed by atoms with Crippen LogP contribution < -0.4 is 10.5 Å². The lowest BCUT2D eigenvalue weighted by Gasteiger charge is -2.10. The van der Waals surface area contributed by atoms with Gasteiger partial charge in [0, 0.05) is 17.4 Å². The number of nitrogens with two attached hydrogens (primary N) is 1. The van der Waals surface area contributed by atoms with E-state index in [1.165, 1.54) is 36.8 Å². The first-order valence-corrected chi connectivity index (χ1v) is 9.95. The Labute approximate surface area is 168 Å². The van der Waals surface area contributed by atoms with Gasteiger partial charge < -0.3 is 10.7 Å². The lowest BCUT2D eigenvalue weighted by atomic mass is 10.0. The minimum Gasteiger partial charge on any atom is -0.383 e. The van der Waals surface area contributed by atoms with Crippen LogP contribution in [0.3, 0.4) is 0 Å². The van der Waals surface area contributed by atoms with E-state index in [0.29, 0.717) is 11.0 Å². The Hall–Kier alpha value is -3.86. The van der Waals surface area contributed by atoms with Crippen molar-refractivity contribution in [3.8, 4) is 0 Å². The van der Waals surface area contributed by atoms with Crippen molar-refractivity contribution in [1.29, 1.82) is 0 Å². The van der Waals surface area contributed by atoms with Gasteiger partial charge in [-0.1, -0.05) is 18.2 Å². The van der Waals surface area contributed by atoms with Crippen molar-refractivity contribution >= 4 is 38.3 Å². The Bertz CT molecular complexity index is 1380. The second kappa shape index (κ2) is 7.19. The van der Waals surface area contributed by atoms with Gasteiger partial charge in [0.1, 0.15) is 29.4 Å². The molecule has 0 saturated carbocycles. The molecule has 0 unspecified atom stereocenters. The van der Waals surface area contributed by atoms with Gasteiger partial charge in [-0.2, -0.15) is 0 Å². The van der Waals surface area contributed by atoms with E-state index in [1.54, 1.807) is 0 Å². The number of carbonyl (C=O) groups is 1. The van der Waals surface area contributed by atoms with Crippen LogP contribution in [0.25, 0.3) is 11.0 Å². The number of nitrogens with zero attached hydrogens (tertiary/aromatic N) is 2. The van der Waals surface area contributed by atoms with Gasteiger partial charge in [0.25, 0.3) is 10.0 Å². The van der Waals surface area contributed by atoms with E-state index in [-0.39, 0.29) is 22.6 Å². The Morgan fingerprint density at radius 2 is 1.77 bits per heavy atom. The van der Waals surface area contributed by atoms with Crippen LogP contribution in [0.4, 0.5) is 20.3 Å². The highest BCUT2D eigenvalue weighted by atomic mass is 32.2. The second-order valence-corrected chi connectivity index (χ2v) is 7.87. The molecule has 30 heavy (non-hydrogen) atoms. The van der Waals surface area contributed by atoms with Crippen LogP contribution in [-0.2, 0) is 10.0 Å². The van der Waals surface area contributed by atoms with E-state index in [1.807, 2.05) is 0 Å². The SMILES string of the molecule is Nc1ncnc2[nH]cc(C(=O)c3cccc(NS(=O)(=O)c4c(F)cccc4F)c3)c12. The van der Waals surface area contributed by atoms with Crippen LogP contribution in [0.15, 0.2) is 59.9 Å². The maximum atomic E-state index is 13.9. The molecule has 0 amide bonds. The molecule has 8 nitrogen and oxygen atoms in total. The van der Waals surface area contributed by atoms with E-state index in [9.17, 15) is 22.0 Å². The molecule has 0 spiro atoms. The topological polar surface area (TPSA) is 131 Å². The molecule has 0 fully saturated rings. The molecule has 4 N–H and O–H groups in total. The summed E-state index contributed by atoms with van der Waals surface area (Å²) in [6, 6.07) is 8.21. The quantitative estimate of drug-likeness (QED) is 0.418. The number of H-pyrrole nitrogens is 1. The maximum absolute atomic E-state index is 13.9. The van der Waals surface area contributed by atoms with Crippen LogP contribution in [0.2, 0.25) is 0 Å². The van der Waals surface area contributed by atoms with E-state index in [4.69, 9.17) is 5.73 Å². The molecular formula is C19H13F2N5O3S. The maximum Gasteiger partial charge on any atom is 0.267 e. The minimum atomic E-state index is -4.57. The van der Waals surface area contributed by atoms with Crippen LogP contribution >= 0.6 is 0 Å². The zero-order chi connectivity index (χ0) is 21.5. The van der Waals surface area contributed by atoms with Crippen molar-refractivity contribution in [3.05, 3.63) is 77.8 Å². The number of ketones is 1. The number of rotatable bonds is 5. The molecule has 152 valence electrons. The van der Waals surface area contributed by atoms with Gasteiger partial charge in [-0.05, 0) is 24.3 Å². The number of halogens is 2. The van der Waals surface area contributed by atoms with E-state index >= 15 is 0 Å². The average Bonchev–Trinajstić information content (AvgIpc) is 3.12. The molecule has 0 aliphatic carbocycles. The molecule has 11 heteroatoms. The predicted molar refractivity (Wildman–Crippen MR) is 105 cm³/mol. The predicted octanol–water partition coefficient (Wildman–Crippen LogP) is 2.85. The zero-order valence-corrected chi connectivity index (χ0v) is 15.9. The summed E-state index contributed by atoms with van der Waals surface area (Å²) < 4.78 is 54.8. The van der Waals surface area contributed by atoms with Crippen molar-refractivity contribution in [2.75, 3.05) is 10.5 Å². The molecule has 2 aromatic carbocycles. The molecule has 0 saturated heterocycles. The Morgan fingerprint density at radius 1 is 1.07 bits per heavy atom. The van der Waals surface area contributed by atoms with Crippen molar-refractivity contribution in [2.24, 2.45) is 0 Å². The molecule has 2 aromatic heterocycles. The standard InChI is InChI=1S/C19H13F2N5O3S/c20-13-5-2-6-14(21)17(13)30(28,29)26-11-4-1-3-10(7-11)16(27)12-8-23-19-15(12)18(22)24-9-25-19/h1-9,26H,(H3,22,23,24,25). The summed E-state index contributed by atoms with van der Waals surface area (Å²) in [7, 11) is -4.57. The van der Waals surface area contributed by atoms with E-state index in [2.05, 4.69) is 19.7 Å². The van der Waals surface area contributed by atoms with Crippen LogP contribution in [0.1, 0.15) is 15.9 Å². The first-order chi connectivity index (χ1) is 14.3. The number of hydrogen-bond acceptors (Lipinski definition) is 6. The number of aromatic amines is 1. The molecule has 2 heterocycles. The number of nitrogen functional groups attached to an aromatic ring is 1. The van der Waals surface area contributed by atoms with Crippen molar-refractivity contribution in [2.45, 2.75) is 4.90 Å². The summed E-state index contributed by atoms with van der Waals surface area (Å²) in [6.45, 7) is 0. The largest absolute Gasteiger partial charge is 0.383 e. The van der Waals surface area contributed by atoms with Crippen molar-refractivity contribution < 1.29 is 22.0 Å². The molecule has 0 bridgehead atoms. The summed E-state index contributed by atoms with van der Waals surface area (Å²) in [5.74, 6) is -2.83. The van der Waals surface area contributed by atoms with Gasteiger partial charge in [-0.15, -0.1) is 0 Å².